The van der Waals surface area contributed by atoms with E-state index in [1.165, 1.54) is 0 Å². The third-order valence-corrected chi connectivity index (χ3v) is 3.86. The Morgan fingerprint density at radius 1 is 1.00 bits per heavy atom. The van der Waals surface area contributed by atoms with Crippen molar-refractivity contribution >= 4 is 46.3 Å². The fourth-order valence-electron chi connectivity index (χ4n) is 2.20. The van der Waals surface area contributed by atoms with E-state index in [0.717, 1.165) is 5.69 Å². The van der Waals surface area contributed by atoms with Gasteiger partial charge in [-0.2, -0.15) is 0 Å². The van der Waals surface area contributed by atoms with Gasteiger partial charge in [0.15, 0.2) is 0 Å². The van der Waals surface area contributed by atoms with Crippen LogP contribution >= 0.6 is 23.2 Å². The topological polar surface area (TPSA) is 66.9 Å². The SMILES string of the molecule is Cc1nc(Nc2ccccc2)cc(C(=O)Nc2cc(Cl)ccc2Cl)n1. The van der Waals surface area contributed by atoms with Crippen molar-refractivity contribution in [2.24, 2.45) is 0 Å². The van der Waals surface area contributed by atoms with Crippen LogP contribution in [-0.2, 0) is 0 Å². The molecular weight excluding hydrogens is 359 g/mol. The van der Waals surface area contributed by atoms with Crippen molar-refractivity contribution in [2.75, 3.05) is 10.6 Å². The molecule has 5 nitrogen and oxygen atoms in total. The molecule has 0 saturated carbocycles. The summed E-state index contributed by atoms with van der Waals surface area (Å²) in [6.07, 6.45) is 0. The number of nitrogens with one attached hydrogen (secondary N) is 2. The average molecular weight is 373 g/mol. The molecule has 1 heterocycles. The number of para-hydroxylation sites is 1. The van der Waals surface area contributed by atoms with Crippen LogP contribution in [0, 0.1) is 6.92 Å². The molecule has 2 aromatic carbocycles. The van der Waals surface area contributed by atoms with Crippen molar-refractivity contribution in [3.8, 4) is 0 Å². The number of aryl methyl sites for hydroxylation is 1. The lowest BCUT2D eigenvalue weighted by atomic mass is 10.3. The summed E-state index contributed by atoms with van der Waals surface area (Å²) in [5, 5.41) is 6.73. The number of hydrogen-bond acceptors (Lipinski definition) is 4. The van der Waals surface area contributed by atoms with Crippen molar-refractivity contribution in [3.05, 3.63) is 76.2 Å². The fourth-order valence-corrected chi connectivity index (χ4v) is 2.53. The Hall–Kier alpha value is -2.63. The van der Waals surface area contributed by atoms with Crippen molar-refractivity contribution < 1.29 is 4.79 Å². The molecule has 3 aromatic rings. The van der Waals surface area contributed by atoms with Crippen LogP contribution in [0.5, 0.6) is 0 Å². The molecule has 0 saturated heterocycles. The van der Waals surface area contributed by atoms with E-state index in [9.17, 15) is 4.79 Å². The van der Waals surface area contributed by atoms with Gasteiger partial charge in [0.2, 0.25) is 0 Å². The highest BCUT2D eigenvalue weighted by atomic mass is 35.5. The van der Waals surface area contributed by atoms with Gasteiger partial charge < -0.3 is 10.6 Å². The van der Waals surface area contributed by atoms with Crippen LogP contribution in [-0.4, -0.2) is 15.9 Å². The Kier molecular flexibility index (Phi) is 5.16. The summed E-state index contributed by atoms with van der Waals surface area (Å²) in [5.41, 5.74) is 1.51. The van der Waals surface area contributed by atoms with Crippen LogP contribution < -0.4 is 10.6 Å². The zero-order chi connectivity index (χ0) is 17.8. The fraction of sp³-hybridized carbons (Fsp3) is 0.0556. The number of carbonyl (C=O) groups excluding carboxylic acids is 1. The molecule has 0 aliphatic carbocycles. The number of hydrogen-bond donors (Lipinski definition) is 2. The van der Waals surface area contributed by atoms with Gasteiger partial charge in [-0.1, -0.05) is 41.4 Å². The Labute approximate surface area is 155 Å². The number of carbonyl (C=O) groups is 1. The van der Waals surface area contributed by atoms with E-state index < -0.39 is 5.91 Å². The first kappa shape index (κ1) is 17.2. The first-order valence-corrected chi connectivity index (χ1v) is 8.21. The van der Waals surface area contributed by atoms with Crippen LogP contribution in [0.15, 0.2) is 54.6 Å². The van der Waals surface area contributed by atoms with Gasteiger partial charge in [-0.25, -0.2) is 9.97 Å². The maximum Gasteiger partial charge on any atom is 0.274 e. The molecule has 1 amide bonds. The molecule has 25 heavy (non-hydrogen) atoms. The number of nitrogens with zero attached hydrogens (tertiary/aromatic N) is 2. The highest BCUT2D eigenvalue weighted by molar-refractivity contribution is 6.35. The molecule has 0 fully saturated rings. The van der Waals surface area contributed by atoms with Crippen molar-refractivity contribution in [1.82, 2.24) is 9.97 Å². The van der Waals surface area contributed by atoms with Gasteiger partial charge in [0.25, 0.3) is 5.91 Å². The molecule has 0 bridgehead atoms. The Balaban J connectivity index is 1.84. The molecule has 0 radical (unpaired) electrons. The minimum Gasteiger partial charge on any atom is -0.340 e. The molecule has 0 unspecified atom stereocenters. The summed E-state index contributed by atoms with van der Waals surface area (Å²) in [6.45, 7) is 1.72. The molecule has 0 aliphatic heterocycles. The number of anilines is 3. The normalized spacial score (nSPS) is 10.4. The highest BCUT2D eigenvalue weighted by Gasteiger charge is 2.13. The smallest absolute Gasteiger partial charge is 0.274 e. The Morgan fingerprint density at radius 3 is 2.52 bits per heavy atom. The van der Waals surface area contributed by atoms with Crippen molar-refractivity contribution in [1.29, 1.82) is 0 Å². The van der Waals surface area contributed by atoms with E-state index in [0.29, 0.717) is 27.4 Å². The van der Waals surface area contributed by atoms with Crippen molar-refractivity contribution in [2.45, 2.75) is 6.92 Å². The van der Waals surface area contributed by atoms with Crippen LogP contribution in [0.25, 0.3) is 0 Å². The number of aromatic nitrogens is 2. The third-order valence-electron chi connectivity index (χ3n) is 3.29. The van der Waals surface area contributed by atoms with E-state index in [1.54, 1.807) is 31.2 Å². The van der Waals surface area contributed by atoms with Crippen molar-refractivity contribution in [3.63, 3.8) is 0 Å². The average Bonchev–Trinajstić information content (AvgIpc) is 2.58. The van der Waals surface area contributed by atoms with Gasteiger partial charge in [-0.05, 0) is 37.3 Å². The van der Waals surface area contributed by atoms with Crippen LogP contribution in [0.1, 0.15) is 16.3 Å². The predicted octanol–water partition coefficient (Wildman–Crippen LogP) is 5.09. The molecular formula is C18H14Cl2N4O. The predicted molar refractivity (Wildman–Crippen MR) is 101 cm³/mol. The second kappa shape index (κ2) is 7.51. The summed E-state index contributed by atoms with van der Waals surface area (Å²) >= 11 is 12.0. The number of halogens is 2. The molecule has 1 aromatic heterocycles. The summed E-state index contributed by atoms with van der Waals surface area (Å²) in [6, 6.07) is 16.0. The monoisotopic (exact) mass is 372 g/mol. The summed E-state index contributed by atoms with van der Waals surface area (Å²) < 4.78 is 0. The molecule has 0 spiro atoms. The molecule has 7 heteroatoms. The molecule has 2 N–H and O–H groups in total. The van der Waals surface area contributed by atoms with Crippen LogP contribution in [0.3, 0.4) is 0 Å². The zero-order valence-corrected chi connectivity index (χ0v) is 14.8. The molecule has 0 aliphatic rings. The number of amides is 1. The van der Waals surface area contributed by atoms with E-state index in [1.807, 2.05) is 30.3 Å². The minimum atomic E-state index is -0.397. The quantitative estimate of drug-likeness (QED) is 0.669. The number of benzene rings is 2. The lowest BCUT2D eigenvalue weighted by molar-refractivity contribution is 0.102. The Morgan fingerprint density at radius 2 is 1.76 bits per heavy atom. The third kappa shape index (κ3) is 4.47. The molecule has 0 atom stereocenters. The summed E-state index contributed by atoms with van der Waals surface area (Å²) in [4.78, 5) is 21.0. The van der Waals surface area contributed by atoms with Crippen LogP contribution in [0.4, 0.5) is 17.2 Å². The zero-order valence-electron chi connectivity index (χ0n) is 13.3. The van der Waals surface area contributed by atoms with Gasteiger partial charge in [-0.15, -0.1) is 0 Å². The number of rotatable bonds is 4. The van der Waals surface area contributed by atoms with E-state index in [2.05, 4.69) is 20.6 Å². The second-order valence-corrected chi connectivity index (χ2v) is 6.10. The van der Waals surface area contributed by atoms with Gasteiger partial charge in [-0.3, -0.25) is 4.79 Å². The van der Waals surface area contributed by atoms with E-state index >= 15 is 0 Å². The molecule has 126 valence electrons. The lowest BCUT2D eigenvalue weighted by Gasteiger charge is -2.10. The highest BCUT2D eigenvalue weighted by Crippen LogP contribution is 2.26. The minimum absolute atomic E-state index is 0.224. The van der Waals surface area contributed by atoms with Gasteiger partial charge in [0, 0.05) is 16.8 Å². The standard InChI is InChI=1S/C18H14Cl2N4O/c1-11-21-16(10-17(22-11)23-13-5-3-2-4-6-13)18(25)24-15-9-12(19)7-8-14(15)20/h2-10H,1H3,(H,24,25)(H,21,22,23). The largest absolute Gasteiger partial charge is 0.340 e. The van der Waals surface area contributed by atoms with E-state index in [-0.39, 0.29) is 5.69 Å². The summed E-state index contributed by atoms with van der Waals surface area (Å²) in [5.74, 6) is 0.607. The second-order valence-electron chi connectivity index (χ2n) is 5.25. The maximum absolute atomic E-state index is 12.5. The maximum atomic E-state index is 12.5. The molecule has 3 rings (SSSR count). The Bertz CT molecular complexity index is 916. The van der Waals surface area contributed by atoms with Gasteiger partial charge >= 0.3 is 0 Å². The van der Waals surface area contributed by atoms with E-state index in [4.69, 9.17) is 23.2 Å². The van der Waals surface area contributed by atoms with Gasteiger partial charge in [0.1, 0.15) is 17.3 Å². The summed E-state index contributed by atoms with van der Waals surface area (Å²) in [7, 11) is 0. The first-order chi connectivity index (χ1) is 12.0. The lowest BCUT2D eigenvalue weighted by Crippen LogP contribution is -2.15. The van der Waals surface area contributed by atoms with Crippen LogP contribution in [0.2, 0.25) is 10.0 Å². The van der Waals surface area contributed by atoms with Gasteiger partial charge in [0.05, 0.1) is 10.7 Å². The first-order valence-electron chi connectivity index (χ1n) is 7.45.